The molecule has 1 N–H and O–H groups in total. The number of aromatic nitrogens is 1. The molecular formula is C12H17BrN2O. The summed E-state index contributed by atoms with van der Waals surface area (Å²) in [7, 11) is 0. The van der Waals surface area contributed by atoms with E-state index in [1.807, 2.05) is 20.0 Å². The maximum absolute atomic E-state index is 5.52. The van der Waals surface area contributed by atoms with Crippen LogP contribution in [0.2, 0.25) is 0 Å². The van der Waals surface area contributed by atoms with E-state index in [1.54, 1.807) is 0 Å². The first kappa shape index (κ1) is 11.9. The first-order valence-corrected chi connectivity index (χ1v) is 6.48. The zero-order valence-corrected chi connectivity index (χ0v) is 11.3. The van der Waals surface area contributed by atoms with Gasteiger partial charge in [-0.15, -0.1) is 0 Å². The summed E-state index contributed by atoms with van der Waals surface area (Å²) in [6, 6.07) is 2.58. The number of halogens is 1. The van der Waals surface area contributed by atoms with Gasteiger partial charge in [0.05, 0.1) is 10.6 Å². The molecule has 0 bridgehead atoms. The second-order valence-corrected chi connectivity index (χ2v) is 5.09. The quantitative estimate of drug-likeness (QED) is 0.923. The van der Waals surface area contributed by atoms with Gasteiger partial charge in [-0.2, -0.15) is 0 Å². The molecule has 2 rings (SSSR count). The Kier molecular flexibility index (Phi) is 3.82. The van der Waals surface area contributed by atoms with Crippen molar-refractivity contribution in [2.24, 2.45) is 0 Å². The van der Waals surface area contributed by atoms with Crippen molar-refractivity contribution >= 4 is 21.7 Å². The average molecular weight is 285 g/mol. The van der Waals surface area contributed by atoms with Crippen LogP contribution in [-0.4, -0.2) is 23.7 Å². The maximum Gasteiger partial charge on any atom is 0.140 e. The van der Waals surface area contributed by atoms with Crippen LogP contribution < -0.4 is 5.32 Å². The molecule has 1 aromatic heterocycles. The minimum Gasteiger partial charge on any atom is -0.378 e. The predicted octanol–water partition coefficient (Wildman–Crippen LogP) is 3.13. The summed E-state index contributed by atoms with van der Waals surface area (Å²) in [6.45, 7) is 4.89. The van der Waals surface area contributed by atoms with Gasteiger partial charge in [0.1, 0.15) is 5.82 Å². The lowest BCUT2D eigenvalue weighted by atomic mass is 9.89. The number of ether oxygens (including phenoxy) is 1. The van der Waals surface area contributed by atoms with Crippen molar-refractivity contribution in [3.63, 3.8) is 0 Å². The van der Waals surface area contributed by atoms with Crippen LogP contribution in [0.1, 0.15) is 25.3 Å². The Morgan fingerprint density at radius 1 is 1.56 bits per heavy atom. The minimum absolute atomic E-state index is 0.437. The van der Waals surface area contributed by atoms with Crippen LogP contribution in [-0.2, 0) is 4.74 Å². The third kappa shape index (κ3) is 2.74. The number of aryl methyl sites for hydroxylation is 1. The summed E-state index contributed by atoms with van der Waals surface area (Å²) in [4.78, 5) is 4.37. The molecule has 0 unspecified atom stereocenters. The molecule has 1 aromatic rings. The number of hydrogen-bond donors (Lipinski definition) is 1. The minimum atomic E-state index is 0.437. The summed E-state index contributed by atoms with van der Waals surface area (Å²) in [5, 5.41) is 3.42. The van der Waals surface area contributed by atoms with Crippen LogP contribution in [0.5, 0.6) is 0 Å². The fraction of sp³-hybridized carbons (Fsp3) is 0.583. The molecule has 1 heterocycles. The van der Waals surface area contributed by atoms with E-state index in [1.165, 1.54) is 5.56 Å². The van der Waals surface area contributed by atoms with E-state index < -0.39 is 0 Å². The average Bonchev–Trinajstić information content (AvgIpc) is 2.18. The standard InChI is InChI=1S/C12H17BrN2O/c1-3-16-10-5-9(6-10)15-12-11(13)4-8(2)7-14-12/h4,7,9-10H,3,5-6H2,1-2H3,(H,14,15). The monoisotopic (exact) mass is 284 g/mol. The highest BCUT2D eigenvalue weighted by atomic mass is 79.9. The van der Waals surface area contributed by atoms with Gasteiger partial charge in [-0.25, -0.2) is 4.98 Å². The molecular weight excluding hydrogens is 268 g/mol. The Hall–Kier alpha value is -0.610. The highest BCUT2D eigenvalue weighted by Gasteiger charge is 2.29. The molecule has 0 radical (unpaired) electrons. The largest absolute Gasteiger partial charge is 0.378 e. The number of pyridine rings is 1. The molecule has 1 aliphatic rings. The topological polar surface area (TPSA) is 34.1 Å². The second kappa shape index (κ2) is 5.15. The van der Waals surface area contributed by atoms with Crippen molar-refractivity contribution in [2.75, 3.05) is 11.9 Å². The molecule has 1 fully saturated rings. The third-order valence-corrected chi connectivity index (χ3v) is 3.42. The van der Waals surface area contributed by atoms with Crippen LogP contribution in [0.4, 0.5) is 5.82 Å². The lowest BCUT2D eigenvalue weighted by Gasteiger charge is -2.35. The van der Waals surface area contributed by atoms with Gasteiger partial charge >= 0.3 is 0 Å². The summed E-state index contributed by atoms with van der Waals surface area (Å²) < 4.78 is 6.56. The molecule has 0 aromatic carbocycles. The normalized spacial score (nSPS) is 23.9. The van der Waals surface area contributed by atoms with Crippen LogP contribution in [0.15, 0.2) is 16.7 Å². The Morgan fingerprint density at radius 2 is 2.31 bits per heavy atom. The van der Waals surface area contributed by atoms with Crippen LogP contribution in [0, 0.1) is 6.92 Å². The highest BCUT2D eigenvalue weighted by molar-refractivity contribution is 9.10. The van der Waals surface area contributed by atoms with E-state index in [4.69, 9.17) is 4.74 Å². The first-order valence-electron chi connectivity index (χ1n) is 5.69. The van der Waals surface area contributed by atoms with Crippen molar-refractivity contribution in [1.29, 1.82) is 0 Å². The molecule has 0 atom stereocenters. The van der Waals surface area contributed by atoms with Crippen molar-refractivity contribution in [3.05, 3.63) is 22.3 Å². The van der Waals surface area contributed by atoms with Gasteiger partial charge in [-0.3, -0.25) is 0 Å². The van der Waals surface area contributed by atoms with E-state index in [-0.39, 0.29) is 0 Å². The van der Waals surface area contributed by atoms with Crippen molar-refractivity contribution < 1.29 is 4.74 Å². The molecule has 16 heavy (non-hydrogen) atoms. The highest BCUT2D eigenvalue weighted by Crippen LogP contribution is 2.29. The lowest BCUT2D eigenvalue weighted by Crippen LogP contribution is -2.41. The fourth-order valence-corrected chi connectivity index (χ4v) is 2.47. The van der Waals surface area contributed by atoms with E-state index in [2.05, 4.69) is 32.3 Å². The van der Waals surface area contributed by atoms with Gasteiger partial charge in [0.15, 0.2) is 0 Å². The number of nitrogens with one attached hydrogen (secondary N) is 1. The van der Waals surface area contributed by atoms with Crippen molar-refractivity contribution in [3.8, 4) is 0 Å². The number of anilines is 1. The van der Waals surface area contributed by atoms with Crippen molar-refractivity contribution in [1.82, 2.24) is 4.98 Å². The van der Waals surface area contributed by atoms with Crippen LogP contribution >= 0.6 is 15.9 Å². The van der Waals surface area contributed by atoms with Gasteiger partial charge < -0.3 is 10.1 Å². The Balaban J connectivity index is 1.87. The molecule has 4 heteroatoms. The molecule has 0 aliphatic heterocycles. The SMILES string of the molecule is CCOC1CC(Nc2ncc(C)cc2Br)C1. The lowest BCUT2D eigenvalue weighted by molar-refractivity contribution is 0.00291. The van der Waals surface area contributed by atoms with Gasteiger partial charge in [0, 0.05) is 18.8 Å². The number of rotatable bonds is 4. The number of nitrogens with zero attached hydrogens (tertiary/aromatic N) is 1. The van der Waals surface area contributed by atoms with Gasteiger partial charge in [-0.1, -0.05) is 0 Å². The molecule has 0 amide bonds. The Bertz CT molecular complexity index is 364. The summed E-state index contributed by atoms with van der Waals surface area (Å²) in [6.07, 6.45) is 4.48. The molecule has 0 saturated heterocycles. The summed E-state index contributed by atoms with van der Waals surface area (Å²) in [5.41, 5.74) is 1.17. The van der Waals surface area contributed by atoms with Crippen LogP contribution in [0.3, 0.4) is 0 Å². The van der Waals surface area contributed by atoms with Gasteiger partial charge in [0.25, 0.3) is 0 Å². The summed E-state index contributed by atoms with van der Waals surface area (Å²) >= 11 is 3.52. The smallest absolute Gasteiger partial charge is 0.140 e. The van der Waals surface area contributed by atoms with E-state index >= 15 is 0 Å². The zero-order chi connectivity index (χ0) is 11.5. The molecule has 3 nitrogen and oxygen atoms in total. The van der Waals surface area contributed by atoms with E-state index in [0.29, 0.717) is 12.1 Å². The molecule has 88 valence electrons. The second-order valence-electron chi connectivity index (χ2n) is 4.23. The number of hydrogen-bond acceptors (Lipinski definition) is 3. The third-order valence-electron chi connectivity index (χ3n) is 2.82. The van der Waals surface area contributed by atoms with Gasteiger partial charge in [0.2, 0.25) is 0 Å². The summed E-state index contributed by atoms with van der Waals surface area (Å²) in [5.74, 6) is 0.936. The Morgan fingerprint density at radius 3 is 2.94 bits per heavy atom. The van der Waals surface area contributed by atoms with E-state index in [9.17, 15) is 0 Å². The van der Waals surface area contributed by atoms with Crippen molar-refractivity contribution in [2.45, 2.75) is 38.8 Å². The molecule has 1 aliphatic carbocycles. The first-order chi connectivity index (χ1) is 7.69. The molecule has 1 saturated carbocycles. The van der Waals surface area contributed by atoms with E-state index in [0.717, 1.165) is 29.7 Å². The molecule has 0 spiro atoms. The van der Waals surface area contributed by atoms with Gasteiger partial charge in [-0.05, 0) is 54.2 Å². The predicted molar refractivity (Wildman–Crippen MR) is 68.7 cm³/mol. The Labute approximate surface area is 105 Å². The maximum atomic E-state index is 5.52. The van der Waals surface area contributed by atoms with Crippen LogP contribution in [0.25, 0.3) is 0 Å². The fourth-order valence-electron chi connectivity index (χ4n) is 1.89. The zero-order valence-electron chi connectivity index (χ0n) is 9.66.